The SMILES string of the molecule is N[C@@](Cc1cnc[nH]1)(C(=O)N[C@H](Cc1c[nH]c2ccccc12)C(=O)O)C(=O)OCc1ccccc1. The Morgan fingerprint density at radius 3 is 2.54 bits per heavy atom. The molecule has 180 valence electrons. The molecular weight excluding hydrogens is 450 g/mol. The number of nitrogens with one attached hydrogen (secondary N) is 3. The Kier molecular flexibility index (Phi) is 6.93. The van der Waals surface area contributed by atoms with E-state index in [4.69, 9.17) is 10.5 Å². The summed E-state index contributed by atoms with van der Waals surface area (Å²) in [7, 11) is 0. The fourth-order valence-electron chi connectivity index (χ4n) is 3.79. The number of carbonyl (C=O) groups is 3. The highest BCUT2D eigenvalue weighted by atomic mass is 16.5. The standard InChI is InChI=1S/C25H25N5O5/c26-25(11-18-13-27-15-29-18,24(34)35-14-16-6-2-1-3-7-16)23(33)30-21(22(31)32)10-17-12-28-20-9-5-4-8-19(17)20/h1-9,12-13,15,21,28H,10-11,14,26H2,(H,27,29)(H,30,33)(H,31,32)/t21-,25+/m1/s1. The van der Waals surface area contributed by atoms with E-state index in [1.807, 2.05) is 30.3 Å². The summed E-state index contributed by atoms with van der Waals surface area (Å²) < 4.78 is 5.36. The van der Waals surface area contributed by atoms with Crippen molar-refractivity contribution in [3.8, 4) is 0 Å². The summed E-state index contributed by atoms with van der Waals surface area (Å²) >= 11 is 0. The maximum Gasteiger partial charge on any atom is 0.336 e. The van der Waals surface area contributed by atoms with Crippen molar-refractivity contribution in [3.05, 3.63) is 90.1 Å². The first kappa shape index (κ1) is 23.7. The lowest BCUT2D eigenvalue weighted by Crippen LogP contribution is -2.64. The van der Waals surface area contributed by atoms with Crippen molar-refractivity contribution in [2.24, 2.45) is 5.73 Å². The van der Waals surface area contributed by atoms with Crippen LogP contribution in [0.3, 0.4) is 0 Å². The molecule has 1 amide bonds. The van der Waals surface area contributed by atoms with Gasteiger partial charge in [0, 0.05) is 41.8 Å². The van der Waals surface area contributed by atoms with E-state index in [0.717, 1.165) is 10.9 Å². The minimum atomic E-state index is -2.19. The highest BCUT2D eigenvalue weighted by Gasteiger charge is 2.45. The van der Waals surface area contributed by atoms with Gasteiger partial charge in [0.25, 0.3) is 5.91 Å². The van der Waals surface area contributed by atoms with Gasteiger partial charge in [0.2, 0.25) is 0 Å². The van der Waals surface area contributed by atoms with Gasteiger partial charge in [-0.1, -0.05) is 48.5 Å². The molecule has 0 saturated carbocycles. The van der Waals surface area contributed by atoms with Crippen molar-refractivity contribution in [2.45, 2.75) is 31.0 Å². The number of imidazole rings is 1. The summed E-state index contributed by atoms with van der Waals surface area (Å²) in [5, 5.41) is 13.1. The molecular formula is C25H25N5O5. The topological polar surface area (TPSA) is 163 Å². The number of aromatic amines is 2. The van der Waals surface area contributed by atoms with Gasteiger partial charge in [0.1, 0.15) is 12.6 Å². The van der Waals surface area contributed by atoms with E-state index in [1.54, 1.807) is 30.5 Å². The first-order valence-corrected chi connectivity index (χ1v) is 10.9. The van der Waals surface area contributed by atoms with Crippen LogP contribution in [-0.2, 0) is 38.6 Å². The number of H-pyrrole nitrogens is 2. The molecule has 0 saturated heterocycles. The number of aliphatic carboxylic acids is 1. The van der Waals surface area contributed by atoms with E-state index in [9.17, 15) is 19.5 Å². The van der Waals surface area contributed by atoms with Gasteiger partial charge in [0.15, 0.2) is 5.54 Å². The molecule has 0 aliphatic rings. The van der Waals surface area contributed by atoms with Crippen LogP contribution in [0.4, 0.5) is 0 Å². The molecule has 2 atom stereocenters. The van der Waals surface area contributed by atoms with E-state index < -0.39 is 29.4 Å². The van der Waals surface area contributed by atoms with Crippen LogP contribution < -0.4 is 11.1 Å². The van der Waals surface area contributed by atoms with Crippen molar-refractivity contribution in [1.82, 2.24) is 20.3 Å². The van der Waals surface area contributed by atoms with Crippen LogP contribution in [0.1, 0.15) is 16.8 Å². The van der Waals surface area contributed by atoms with Crippen LogP contribution in [0.2, 0.25) is 0 Å². The van der Waals surface area contributed by atoms with Crippen LogP contribution in [-0.4, -0.2) is 49.5 Å². The highest BCUT2D eigenvalue weighted by molar-refractivity contribution is 6.08. The van der Waals surface area contributed by atoms with E-state index >= 15 is 0 Å². The number of hydrogen-bond acceptors (Lipinski definition) is 6. The fraction of sp³-hybridized carbons (Fsp3) is 0.200. The molecule has 35 heavy (non-hydrogen) atoms. The van der Waals surface area contributed by atoms with E-state index in [2.05, 4.69) is 20.3 Å². The van der Waals surface area contributed by atoms with Crippen molar-refractivity contribution >= 4 is 28.7 Å². The third-order valence-corrected chi connectivity index (χ3v) is 5.71. The van der Waals surface area contributed by atoms with Crippen LogP contribution >= 0.6 is 0 Å². The maximum atomic E-state index is 13.3. The van der Waals surface area contributed by atoms with Crippen molar-refractivity contribution in [2.75, 3.05) is 0 Å². The number of fused-ring (bicyclic) bond motifs is 1. The predicted octanol–water partition coefficient (Wildman–Crippen LogP) is 1.69. The number of benzene rings is 2. The minimum Gasteiger partial charge on any atom is -0.480 e. The monoisotopic (exact) mass is 475 g/mol. The molecule has 2 aromatic carbocycles. The highest BCUT2D eigenvalue weighted by Crippen LogP contribution is 2.20. The second-order valence-corrected chi connectivity index (χ2v) is 8.21. The molecule has 10 heteroatoms. The van der Waals surface area contributed by atoms with Gasteiger partial charge in [-0.05, 0) is 17.2 Å². The zero-order valence-electron chi connectivity index (χ0n) is 18.7. The zero-order chi connectivity index (χ0) is 24.8. The molecule has 0 bridgehead atoms. The molecule has 10 nitrogen and oxygen atoms in total. The number of nitrogens with two attached hydrogens (primary N) is 1. The Bertz CT molecular complexity index is 1320. The van der Waals surface area contributed by atoms with Gasteiger partial charge in [-0.25, -0.2) is 14.6 Å². The summed E-state index contributed by atoms with van der Waals surface area (Å²) in [4.78, 5) is 48.2. The average molecular weight is 476 g/mol. The number of carboxylic acids is 1. The number of nitrogens with zero attached hydrogens (tertiary/aromatic N) is 1. The molecule has 0 spiro atoms. The molecule has 0 radical (unpaired) electrons. The smallest absolute Gasteiger partial charge is 0.336 e. The Labute approximate surface area is 200 Å². The normalized spacial score (nSPS) is 13.6. The predicted molar refractivity (Wildman–Crippen MR) is 127 cm³/mol. The number of rotatable bonds is 10. The summed E-state index contributed by atoms with van der Waals surface area (Å²) in [5.41, 5.74) is 6.82. The van der Waals surface area contributed by atoms with Crippen LogP contribution in [0, 0.1) is 0 Å². The zero-order valence-corrected chi connectivity index (χ0v) is 18.7. The third kappa shape index (κ3) is 5.39. The molecule has 0 unspecified atom stereocenters. The van der Waals surface area contributed by atoms with Crippen LogP contribution in [0.25, 0.3) is 10.9 Å². The first-order valence-electron chi connectivity index (χ1n) is 10.9. The summed E-state index contributed by atoms with van der Waals surface area (Å²) in [6.45, 7) is -0.0907. The van der Waals surface area contributed by atoms with E-state index in [1.165, 1.54) is 12.5 Å². The number of aromatic nitrogens is 3. The average Bonchev–Trinajstić information content (AvgIpc) is 3.52. The summed E-state index contributed by atoms with van der Waals surface area (Å²) in [6, 6.07) is 15.0. The Morgan fingerprint density at radius 2 is 1.83 bits per heavy atom. The van der Waals surface area contributed by atoms with Gasteiger partial charge in [-0.2, -0.15) is 0 Å². The van der Waals surface area contributed by atoms with Crippen LogP contribution in [0.5, 0.6) is 0 Å². The largest absolute Gasteiger partial charge is 0.480 e. The lowest BCUT2D eigenvalue weighted by molar-refractivity contribution is -0.157. The minimum absolute atomic E-state index is 0.00964. The second kappa shape index (κ2) is 10.2. The number of amides is 1. The molecule has 2 aromatic heterocycles. The fourth-order valence-corrected chi connectivity index (χ4v) is 3.79. The van der Waals surface area contributed by atoms with Gasteiger partial charge >= 0.3 is 11.9 Å². The number of para-hydroxylation sites is 1. The molecule has 0 fully saturated rings. The maximum absolute atomic E-state index is 13.3. The molecule has 6 N–H and O–H groups in total. The lowest BCUT2D eigenvalue weighted by Gasteiger charge is -2.27. The summed E-state index contributed by atoms with van der Waals surface area (Å²) in [6.07, 6.45) is 4.25. The molecule has 4 rings (SSSR count). The number of carboxylic acid groups (broad SMARTS) is 1. The Hall–Kier alpha value is -4.44. The van der Waals surface area contributed by atoms with E-state index in [0.29, 0.717) is 16.8 Å². The number of carbonyl (C=O) groups excluding carboxylic acids is 2. The van der Waals surface area contributed by atoms with Crippen molar-refractivity contribution in [3.63, 3.8) is 0 Å². The molecule has 4 aromatic rings. The molecule has 2 heterocycles. The van der Waals surface area contributed by atoms with Gasteiger partial charge < -0.3 is 30.9 Å². The van der Waals surface area contributed by atoms with Crippen molar-refractivity contribution in [1.29, 1.82) is 0 Å². The van der Waals surface area contributed by atoms with Crippen LogP contribution in [0.15, 0.2) is 73.3 Å². The Morgan fingerprint density at radius 1 is 1.09 bits per heavy atom. The van der Waals surface area contributed by atoms with Gasteiger partial charge in [-0.3, -0.25) is 4.79 Å². The molecule has 0 aliphatic heterocycles. The first-order chi connectivity index (χ1) is 16.9. The van der Waals surface area contributed by atoms with Gasteiger partial charge in [0.05, 0.1) is 6.33 Å². The number of hydrogen-bond donors (Lipinski definition) is 5. The van der Waals surface area contributed by atoms with Gasteiger partial charge in [-0.15, -0.1) is 0 Å². The quantitative estimate of drug-likeness (QED) is 0.172. The van der Waals surface area contributed by atoms with E-state index in [-0.39, 0.29) is 19.4 Å². The second-order valence-electron chi connectivity index (χ2n) is 8.21. The Balaban J connectivity index is 1.54. The third-order valence-electron chi connectivity index (χ3n) is 5.71. The number of esters is 1. The van der Waals surface area contributed by atoms with Crippen molar-refractivity contribution < 1.29 is 24.2 Å². The molecule has 0 aliphatic carbocycles. The number of ether oxygens (including phenoxy) is 1. The summed E-state index contributed by atoms with van der Waals surface area (Å²) in [5.74, 6) is -3.20. The lowest BCUT2D eigenvalue weighted by atomic mass is 9.92.